The van der Waals surface area contributed by atoms with Crippen molar-refractivity contribution in [2.24, 2.45) is 5.92 Å². The first-order valence-corrected chi connectivity index (χ1v) is 21.9. The number of fused-ring (bicyclic) bond motifs is 1. The quantitative estimate of drug-likeness (QED) is 0.0802. The zero-order chi connectivity index (χ0) is 44.3. The van der Waals surface area contributed by atoms with E-state index >= 15 is 0 Å². The Morgan fingerprint density at radius 3 is 2.34 bits per heavy atom. The number of nitrogens with zero attached hydrogens (tertiary/aromatic N) is 3. The zero-order valence-electron chi connectivity index (χ0n) is 36.4. The lowest BCUT2D eigenvalue weighted by Crippen LogP contribution is -2.52. The summed E-state index contributed by atoms with van der Waals surface area (Å²) in [5.41, 5.74) is 5.95. The third kappa shape index (κ3) is 11.6. The second kappa shape index (κ2) is 21.4. The molecule has 2 aromatic heterocycles. The molecular formula is C49H58ClN5O7. The van der Waals surface area contributed by atoms with E-state index in [-0.39, 0.29) is 49.3 Å². The van der Waals surface area contributed by atoms with Crippen LogP contribution in [0.5, 0.6) is 5.75 Å². The molecule has 1 fully saturated rings. The molecule has 3 aromatic carbocycles. The van der Waals surface area contributed by atoms with Crippen molar-refractivity contribution >= 4 is 40.9 Å². The molecule has 328 valence electrons. The molecule has 3 amide bonds. The summed E-state index contributed by atoms with van der Waals surface area (Å²) in [6.45, 7) is 10.0. The van der Waals surface area contributed by atoms with Gasteiger partial charge in [0.1, 0.15) is 17.4 Å². The normalized spacial score (nSPS) is 15.8. The number of pyridine rings is 1. The minimum absolute atomic E-state index is 0.0235. The van der Waals surface area contributed by atoms with Gasteiger partial charge in [0.2, 0.25) is 11.8 Å². The molecule has 0 aliphatic carbocycles. The molecule has 2 N–H and O–H groups in total. The van der Waals surface area contributed by atoms with Crippen LogP contribution in [0.2, 0.25) is 5.02 Å². The molecule has 0 radical (unpaired) electrons. The van der Waals surface area contributed by atoms with Crippen LogP contribution in [0.3, 0.4) is 0 Å². The maximum atomic E-state index is 13.9. The number of likely N-dealkylation sites (tertiary alicyclic amines) is 1. The van der Waals surface area contributed by atoms with Crippen LogP contribution in [0.4, 0.5) is 0 Å². The maximum Gasteiger partial charge on any atom is 0.328 e. The van der Waals surface area contributed by atoms with E-state index in [4.69, 9.17) is 30.8 Å². The Labute approximate surface area is 369 Å². The van der Waals surface area contributed by atoms with Crippen molar-refractivity contribution in [2.75, 3.05) is 20.3 Å². The fraction of sp³-hybridized carbons (Fsp3) is 0.408. The van der Waals surface area contributed by atoms with Crippen molar-refractivity contribution in [3.05, 3.63) is 125 Å². The molecule has 0 saturated carbocycles. The van der Waals surface area contributed by atoms with Crippen LogP contribution < -0.4 is 15.4 Å². The van der Waals surface area contributed by atoms with Gasteiger partial charge in [0.05, 0.1) is 41.5 Å². The SMILES string of the molecule is CCC(=O)N1CCC[C@H]1[C@H](OC)[C@@H](C)C(=O)N[C@@H](Cc1ccccc1)C(=O)OCC[C@H](Cc1ccc(-c2cn3cccc(C)c3n2)cc1)NC(=O)c1ccc(OC(C)C)c(Cl)c1. The number of ether oxygens (including phenoxy) is 3. The summed E-state index contributed by atoms with van der Waals surface area (Å²) >= 11 is 6.51. The first-order valence-electron chi connectivity index (χ1n) is 21.5. The molecule has 1 aliphatic heterocycles. The molecule has 3 heterocycles. The summed E-state index contributed by atoms with van der Waals surface area (Å²) in [5, 5.41) is 6.40. The van der Waals surface area contributed by atoms with Gasteiger partial charge < -0.3 is 34.1 Å². The molecule has 62 heavy (non-hydrogen) atoms. The number of hydrogen-bond donors (Lipinski definition) is 2. The Morgan fingerprint density at radius 2 is 1.66 bits per heavy atom. The number of carbonyl (C=O) groups excluding carboxylic acids is 4. The van der Waals surface area contributed by atoms with Gasteiger partial charge in [-0.1, -0.05) is 86.1 Å². The lowest BCUT2D eigenvalue weighted by atomic mass is 9.94. The number of nitrogens with one attached hydrogen (secondary N) is 2. The summed E-state index contributed by atoms with van der Waals surface area (Å²) in [5.74, 6) is -1.47. The van der Waals surface area contributed by atoms with E-state index in [0.29, 0.717) is 35.7 Å². The molecule has 0 unspecified atom stereocenters. The fourth-order valence-electron chi connectivity index (χ4n) is 8.11. The fourth-order valence-corrected chi connectivity index (χ4v) is 8.34. The number of methoxy groups -OCH3 is 1. The van der Waals surface area contributed by atoms with Gasteiger partial charge in [-0.05, 0) is 81.0 Å². The predicted octanol–water partition coefficient (Wildman–Crippen LogP) is 7.80. The van der Waals surface area contributed by atoms with Gasteiger partial charge >= 0.3 is 5.97 Å². The van der Waals surface area contributed by atoms with Crippen LogP contribution in [0.1, 0.15) is 80.4 Å². The number of benzene rings is 3. The average Bonchev–Trinajstić information content (AvgIpc) is 3.93. The highest BCUT2D eigenvalue weighted by atomic mass is 35.5. The van der Waals surface area contributed by atoms with Crippen molar-refractivity contribution in [2.45, 2.75) is 103 Å². The van der Waals surface area contributed by atoms with E-state index in [9.17, 15) is 19.2 Å². The summed E-state index contributed by atoms with van der Waals surface area (Å²) in [4.78, 5) is 60.9. The van der Waals surface area contributed by atoms with Gasteiger partial charge in [0.25, 0.3) is 5.91 Å². The summed E-state index contributed by atoms with van der Waals surface area (Å²) in [6.07, 6.45) is 6.18. The van der Waals surface area contributed by atoms with E-state index < -0.39 is 30.1 Å². The second-order valence-electron chi connectivity index (χ2n) is 16.3. The molecule has 0 bridgehead atoms. The maximum absolute atomic E-state index is 13.9. The number of halogens is 1. The Hall–Kier alpha value is -5.72. The van der Waals surface area contributed by atoms with Crippen LogP contribution in [-0.2, 0) is 36.7 Å². The highest BCUT2D eigenvalue weighted by molar-refractivity contribution is 6.32. The molecule has 1 saturated heterocycles. The van der Waals surface area contributed by atoms with E-state index in [2.05, 4.69) is 10.6 Å². The smallest absolute Gasteiger partial charge is 0.328 e. The number of aromatic nitrogens is 2. The molecule has 12 nitrogen and oxygen atoms in total. The molecule has 6 rings (SSSR count). The minimum atomic E-state index is -1.00. The lowest BCUT2D eigenvalue weighted by molar-refractivity contribution is -0.149. The van der Waals surface area contributed by atoms with Crippen LogP contribution in [0, 0.1) is 12.8 Å². The first-order chi connectivity index (χ1) is 29.8. The number of imidazole rings is 1. The highest BCUT2D eigenvalue weighted by Crippen LogP contribution is 2.29. The third-order valence-corrected chi connectivity index (χ3v) is 11.7. The molecule has 13 heteroatoms. The molecule has 5 atom stereocenters. The first kappa shape index (κ1) is 45.8. The molecule has 1 aliphatic rings. The number of hydrogen-bond acceptors (Lipinski definition) is 8. The Morgan fingerprint density at radius 1 is 0.919 bits per heavy atom. The third-order valence-electron chi connectivity index (χ3n) is 11.4. The van der Waals surface area contributed by atoms with Gasteiger partial charge in [-0.2, -0.15) is 0 Å². The molecule has 0 spiro atoms. The second-order valence-corrected chi connectivity index (χ2v) is 16.7. The van der Waals surface area contributed by atoms with Crippen molar-refractivity contribution < 1.29 is 33.4 Å². The average molecular weight is 864 g/mol. The van der Waals surface area contributed by atoms with E-state index in [0.717, 1.165) is 46.4 Å². The van der Waals surface area contributed by atoms with Crippen molar-refractivity contribution in [3.63, 3.8) is 0 Å². The van der Waals surface area contributed by atoms with Gasteiger partial charge in [-0.25, -0.2) is 9.78 Å². The van der Waals surface area contributed by atoms with Crippen molar-refractivity contribution in [1.82, 2.24) is 24.9 Å². The number of aryl methyl sites for hydroxylation is 1. The van der Waals surface area contributed by atoms with E-state index in [1.165, 1.54) is 0 Å². The largest absolute Gasteiger partial charge is 0.489 e. The lowest BCUT2D eigenvalue weighted by Gasteiger charge is -2.34. The standard InChI is InChI=1S/C49H58ClN5O7/c1-7-44(56)55-25-12-16-42(55)45(60-6)33(5)47(57)53-40(28-34-14-9-8-10-15-34)49(59)61-26-23-38(51-48(58)37-21-22-43(39(50)29-37)62-31(2)3)27-35-17-19-36(20-18-35)41-30-54-24-11-13-32(4)46(54)52-41/h8-11,13-15,17-22,24,29-31,33,38,40,42,45H,7,12,16,23,25-28H2,1-6H3,(H,51,58)(H,53,57)/t33-,38-,40+,42+,45-/m1/s1. The van der Waals surface area contributed by atoms with Gasteiger partial charge in [0, 0.05) is 62.5 Å². The van der Waals surface area contributed by atoms with E-state index in [1.807, 2.05) is 116 Å². The predicted molar refractivity (Wildman–Crippen MR) is 240 cm³/mol. The van der Waals surface area contributed by atoms with E-state index in [1.54, 1.807) is 32.2 Å². The van der Waals surface area contributed by atoms with Crippen LogP contribution >= 0.6 is 11.6 Å². The van der Waals surface area contributed by atoms with Crippen LogP contribution in [0.25, 0.3) is 16.9 Å². The monoisotopic (exact) mass is 863 g/mol. The van der Waals surface area contributed by atoms with Gasteiger partial charge in [-0.15, -0.1) is 0 Å². The number of carbonyl (C=O) groups is 4. The van der Waals surface area contributed by atoms with Crippen molar-refractivity contribution in [1.29, 1.82) is 0 Å². The topological polar surface area (TPSA) is 141 Å². The van der Waals surface area contributed by atoms with Crippen LogP contribution in [-0.4, -0.2) is 88.6 Å². The van der Waals surface area contributed by atoms with Gasteiger partial charge in [0.15, 0.2) is 0 Å². The van der Waals surface area contributed by atoms with Crippen molar-refractivity contribution in [3.8, 4) is 17.0 Å². The number of esters is 1. The summed E-state index contributed by atoms with van der Waals surface area (Å²) in [7, 11) is 1.55. The Bertz CT molecular complexity index is 2310. The minimum Gasteiger partial charge on any atom is -0.489 e. The van der Waals surface area contributed by atoms with Crippen LogP contribution in [0.15, 0.2) is 97.3 Å². The van der Waals surface area contributed by atoms with Gasteiger partial charge in [-0.3, -0.25) is 14.4 Å². The number of rotatable bonds is 19. The highest BCUT2D eigenvalue weighted by Gasteiger charge is 2.40. The summed E-state index contributed by atoms with van der Waals surface area (Å²) < 4.78 is 19.5. The zero-order valence-corrected chi connectivity index (χ0v) is 37.2. The Balaban J connectivity index is 1.17. The summed E-state index contributed by atoms with van der Waals surface area (Å²) in [6, 6.07) is 24.7. The molecule has 5 aromatic rings. The Kier molecular flexibility index (Phi) is 15.8. The molecular weight excluding hydrogens is 806 g/mol. The number of amides is 3.